The summed E-state index contributed by atoms with van der Waals surface area (Å²) >= 11 is 0. The summed E-state index contributed by atoms with van der Waals surface area (Å²) in [6.07, 6.45) is -1.86. The molecule has 3 aromatic rings. The molecular weight excluding hydrogens is 416 g/mol. The lowest BCUT2D eigenvalue weighted by atomic mass is 9.93. The second-order valence-electron chi connectivity index (χ2n) is 7.81. The van der Waals surface area contributed by atoms with Gasteiger partial charge in [-0.25, -0.2) is 0 Å². The van der Waals surface area contributed by atoms with Crippen molar-refractivity contribution in [3.63, 3.8) is 0 Å². The van der Waals surface area contributed by atoms with Gasteiger partial charge >= 0.3 is 0 Å². The highest BCUT2D eigenvalue weighted by Crippen LogP contribution is 2.44. The summed E-state index contributed by atoms with van der Waals surface area (Å²) in [7, 11) is 1.48. The molecule has 2 aliphatic rings. The molecule has 3 atom stereocenters. The minimum absolute atomic E-state index is 0.0384. The highest BCUT2D eigenvalue weighted by Gasteiger charge is 2.33. The predicted molar refractivity (Wildman–Crippen MR) is 113 cm³/mol. The van der Waals surface area contributed by atoms with Gasteiger partial charge in [-0.3, -0.25) is 0 Å². The Balaban J connectivity index is 1.42. The first-order valence-electron chi connectivity index (χ1n) is 10.1. The number of rotatable bonds is 3. The summed E-state index contributed by atoms with van der Waals surface area (Å²) in [6, 6.07) is 12.9. The number of aliphatic hydroxyl groups excluding tert-OH is 1. The molecule has 0 aromatic heterocycles. The molecule has 2 heterocycles. The number of aromatic hydroxyl groups is 3. The van der Waals surface area contributed by atoms with Crippen molar-refractivity contribution < 1.29 is 39.4 Å². The highest BCUT2D eigenvalue weighted by atomic mass is 16.6. The molecule has 2 aliphatic heterocycles. The summed E-state index contributed by atoms with van der Waals surface area (Å²) in [5.41, 5.74) is 1.90. The Morgan fingerprint density at radius 2 is 1.66 bits per heavy atom. The number of benzene rings is 3. The molecule has 0 amide bonds. The van der Waals surface area contributed by atoms with Crippen molar-refractivity contribution in [1.82, 2.24) is 0 Å². The molecule has 5 rings (SSSR count). The maximum Gasteiger partial charge on any atom is 0.162 e. The quantitative estimate of drug-likeness (QED) is 0.492. The first kappa shape index (κ1) is 20.1. The Bertz CT molecular complexity index is 1170. The Morgan fingerprint density at radius 1 is 0.844 bits per heavy atom. The first-order chi connectivity index (χ1) is 15.4. The van der Waals surface area contributed by atoms with Crippen LogP contribution in [0.1, 0.15) is 28.9 Å². The average Bonchev–Trinajstić information content (AvgIpc) is 2.79. The third kappa shape index (κ3) is 3.48. The van der Waals surface area contributed by atoms with Crippen molar-refractivity contribution >= 4 is 0 Å². The zero-order valence-electron chi connectivity index (χ0n) is 17.2. The van der Waals surface area contributed by atoms with Crippen LogP contribution in [-0.4, -0.2) is 40.2 Å². The summed E-state index contributed by atoms with van der Waals surface area (Å²) in [5.74, 6) is 1.52. The lowest BCUT2D eigenvalue weighted by molar-refractivity contribution is 0.0192. The molecule has 8 nitrogen and oxygen atoms in total. The number of hydrogen-bond acceptors (Lipinski definition) is 8. The number of hydrogen-bond donors (Lipinski definition) is 4. The number of fused-ring (bicyclic) bond motifs is 2. The topological polar surface area (TPSA) is 118 Å². The summed E-state index contributed by atoms with van der Waals surface area (Å²) < 4.78 is 23.1. The number of phenols is 3. The van der Waals surface area contributed by atoms with E-state index in [-0.39, 0.29) is 30.3 Å². The normalized spacial score (nSPS) is 21.4. The van der Waals surface area contributed by atoms with E-state index < -0.39 is 18.3 Å². The summed E-state index contributed by atoms with van der Waals surface area (Å²) in [6.45, 7) is 0.286. The molecule has 0 saturated carbocycles. The van der Waals surface area contributed by atoms with Gasteiger partial charge in [-0.05, 0) is 35.4 Å². The van der Waals surface area contributed by atoms with Crippen LogP contribution in [0.2, 0.25) is 0 Å². The number of methoxy groups -OCH3 is 1. The van der Waals surface area contributed by atoms with Gasteiger partial charge in [-0.15, -0.1) is 0 Å². The van der Waals surface area contributed by atoms with Gasteiger partial charge in [0, 0.05) is 24.1 Å². The Labute approximate surface area is 183 Å². The van der Waals surface area contributed by atoms with Crippen LogP contribution in [0.15, 0.2) is 48.5 Å². The van der Waals surface area contributed by atoms with Gasteiger partial charge < -0.3 is 39.4 Å². The van der Waals surface area contributed by atoms with E-state index in [1.54, 1.807) is 30.3 Å². The molecule has 0 spiro atoms. The molecule has 3 aromatic carbocycles. The minimum Gasteiger partial charge on any atom is -0.508 e. The molecule has 166 valence electrons. The van der Waals surface area contributed by atoms with Crippen LogP contribution in [0.3, 0.4) is 0 Å². The van der Waals surface area contributed by atoms with Crippen LogP contribution < -0.4 is 18.9 Å². The van der Waals surface area contributed by atoms with Crippen LogP contribution in [0.4, 0.5) is 0 Å². The largest absolute Gasteiger partial charge is 0.508 e. The van der Waals surface area contributed by atoms with E-state index in [1.807, 2.05) is 0 Å². The van der Waals surface area contributed by atoms with Gasteiger partial charge in [0.15, 0.2) is 29.1 Å². The maximum absolute atomic E-state index is 10.7. The number of ether oxygens (including phenoxy) is 4. The fourth-order valence-corrected chi connectivity index (χ4v) is 4.07. The smallest absolute Gasteiger partial charge is 0.162 e. The van der Waals surface area contributed by atoms with E-state index in [4.69, 9.17) is 18.9 Å². The number of aliphatic hydroxyl groups is 1. The monoisotopic (exact) mass is 438 g/mol. The molecule has 0 unspecified atom stereocenters. The van der Waals surface area contributed by atoms with Gasteiger partial charge in [-0.2, -0.15) is 0 Å². The van der Waals surface area contributed by atoms with E-state index in [1.165, 1.54) is 25.3 Å². The van der Waals surface area contributed by atoms with Crippen LogP contribution >= 0.6 is 0 Å². The van der Waals surface area contributed by atoms with E-state index in [9.17, 15) is 20.4 Å². The van der Waals surface area contributed by atoms with Crippen molar-refractivity contribution in [2.45, 2.75) is 24.7 Å². The van der Waals surface area contributed by atoms with Crippen LogP contribution in [0.25, 0.3) is 0 Å². The molecule has 0 bridgehead atoms. The molecule has 4 N–H and O–H groups in total. The SMILES string of the molecule is COc1cc([C@@H]2COc3ccc([C@H]4Oc5cc(O)cc(O)c5C[C@@H]4O)cc3O2)ccc1O. The second kappa shape index (κ2) is 7.72. The minimum atomic E-state index is -0.905. The lowest BCUT2D eigenvalue weighted by Gasteiger charge is -2.32. The van der Waals surface area contributed by atoms with Gasteiger partial charge in [-0.1, -0.05) is 12.1 Å². The fourth-order valence-electron chi connectivity index (χ4n) is 4.07. The van der Waals surface area contributed by atoms with E-state index >= 15 is 0 Å². The Hall–Kier alpha value is -3.78. The zero-order valence-corrected chi connectivity index (χ0v) is 17.2. The summed E-state index contributed by atoms with van der Waals surface area (Å²) in [4.78, 5) is 0. The fraction of sp³-hybridized carbons (Fsp3) is 0.250. The van der Waals surface area contributed by atoms with Crippen molar-refractivity contribution in [2.24, 2.45) is 0 Å². The van der Waals surface area contributed by atoms with Gasteiger partial charge in [0.05, 0.1) is 13.2 Å². The van der Waals surface area contributed by atoms with Crippen molar-refractivity contribution in [3.05, 3.63) is 65.2 Å². The predicted octanol–water partition coefficient (Wildman–Crippen LogP) is 3.36. The van der Waals surface area contributed by atoms with Gasteiger partial charge in [0.2, 0.25) is 0 Å². The van der Waals surface area contributed by atoms with Crippen LogP contribution in [-0.2, 0) is 6.42 Å². The van der Waals surface area contributed by atoms with Crippen molar-refractivity contribution in [3.8, 4) is 40.2 Å². The summed E-state index contributed by atoms with van der Waals surface area (Å²) in [5, 5.41) is 40.3. The molecule has 0 aliphatic carbocycles. The molecule has 8 heteroatoms. The van der Waals surface area contributed by atoms with E-state index in [0.29, 0.717) is 34.1 Å². The third-order valence-corrected chi connectivity index (χ3v) is 5.72. The van der Waals surface area contributed by atoms with E-state index in [0.717, 1.165) is 5.56 Å². The second-order valence-corrected chi connectivity index (χ2v) is 7.81. The molecule has 32 heavy (non-hydrogen) atoms. The Morgan fingerprint density at radius 3 is 2.47 bits per heavy atom. The van der Waals surface area contributed by atoms with Crippen LogP contribution in [0, 0.1) is 0 Å². The first-order valence-corrected chi connectivity index (χ1v) is 10.1. The average molecular weight is 438 g/mol. The van der Waals surface area contributed by atoms with Crippen molar-refractivity contribution in [2.75, 3.05) is 13.7 Å². The van der Waals surface area contributed by atoms with Crippen molar-refractivity contribution in [1.29, 1.82) is 0 Å². The molecule has 0 saturated heterocycles. The third-order valence-electron chi connectivity index (χ3n) is 5.72. The van der Waals surface area contributed by atoms with E-state index in [2.05, 4.69) is 0 Å². The number of phenolic OH excluding ortho intramolecular Hbond substituents is 3. The molecule has 0 fully saturated rings. The molecular formula is C24H22O8. The Kier molecular flexibility index (Phi) is 4.86. The van der Waals surface area contributed by atoms with Gasteiger partial charge in [0.1, 0.15) is 30.0 Å². The van der Waals surface area contributed by atoms with Crippen LogP contribution in [0.5, 0.6) is 40.2 Å². The standard InChI is InChI=1S/C24H22O8/c1-29-21-6-12(2-4-16(21)26)23-11-30-19-5-3-13(7-22(19)31-23)24-18(28)10-15-17(27)8-14(25)9-20(15)32-24/h2-9,18,23-28H,10-11H2,1H3/t18-,23-,24+/m0/s1. The maximum atomic E-state index is 10.7. The lowest BCUT2D eigenvalue weighted by Crippen LogP contribution is -2.30. The zero-order chi connectivity index (χ0) is 22.4. The molecule has 0 radical (unpaired) electrons. The van der Waals surface area contributed by atoms with Gasteiger partial charge in [0.25, 0.3) is 0 Å². The highest BCUT2D eigenvalue weighted by molar-refractivity contribution is 5.52.